The van der Waals surface area contributed by atoms with Crippen molar-refractivity contribution in [3.63, 3.8) is 0 Å². The van der Waals surface area contributed by atoms with Crippen molar-refractivity contribution < 1.29 is 0 Å². The van der Waals surface area contributed by atoms with Crippen molar-refractivity contribution in [2.45, 2.75) is 0 Å². The number of benzene rings is 1. The molecule has 0 unspecified atom stereocenters. The van der Waals surface area contributed by atoms with Gasteiger partial charge in [-0.3, -0.25) is 0 Å². The molecule has 1 aromatic rings. The van der Waals surface area contributed by atoms with Crippen molar-refractivity contribution in [2.75, 3.05) is 0 Å². The molecular formula is C8HCl4. The third-order valence-electron chi connectivity index (χ3n) is 1.24. The van der Waals surface area contributed by atoms with Crippen LogP contribution in [0.3, 0.4) is 0 Å². The second-order valence-electron chi connectivity index (χ2n) is 1.97. The molecule has 0 aromatic heterocycles. The van der Waals surface area contributed by atoms with Gasteiger partial charge in [-0.15, -0.1) is 0 Å². The fraction of sp³-hybridized carbons (Fsp3) is 0. The summed E-state index contributed by atoms with van der Waals surface area (Å²) >= 11 is 22.8. The van der Waals surface area contributed by atoms with E-state index in [1.807, 2.05) is 0 Å². The highest BCUT2D eigenvalue weighted by molar-refractivity contribution is 6.52. The highest BCUT2D eigenvalue weighted by Gasteiger charge is 2.11. The fourth-order valence-corrected chi connectivity index (χ4v) is 1.51. The maximum Gasteiger partial charge on any atom is 0.0806 e. The summed E-state index contributed by atoms with van der Waals surface area (Å²) in [6.07, 6.45) is 6.85. The van der Waals surface area contributed by atoms with Gasteiger partial charge in [0, 0.05) is 5.56 Å². The number of hydrogen-bond donors (Lipinski definition) is 0. The van der Waals surface area contributed by atoms with Crippen LogP contribution in [0, 0.1) is 12.3 Å². The monoisotopic (exact) mass is 237 g/mol. The third kappa shape index (κ3) is 1.65. The van der Waals surface area contributed by atoms with Gasteiger partial charge in [0.25, 0.3) is 0 Å². The molecule has 0 amide bonds. The average molecular weight is 239 g/mol. The highest BCUT2D eigenvalue weighted by Crippen LogP contribution is 2.37. The SMILES string of the molecule is [C]#Cc1cc(Cl)c(Cl)c(Cl)c1Cl. The second kappa shape index (κ2) is 3.77. The quantitative estimate of drug-likeness (QED) is 0.360. The van der Waals surface area contributed by atoms with E-state index in [1.165, 1.54) is 6.07 Å². The number of halogens is 4. The van der Waals surface area contributed by atoms with Crippen LogP contribution < -0.4 is 0 Å². The molecule has 0 nitrogen and oxygen atoms in total. The average Bonchev–Trinajstić information content (AvgIpc) is 2.08. The maximum absolute atomic E-state index is 6.85. The van der Waals surface area contributed by atoms with Crippen LogP contribution in [0.15, 0.2) is 6.07 Å². The molecule has 1 radical (unpaired) electrons. The zero-order valence-corrected chi connectivity index (χ0v) is 8.61. The van der Waals surface area contributed by atoms with E-state index < -0.39 is 0 Å². The van der Waals surface area contributed by atoms with Crippen molar-refractivity contribution in [3.05, 3.63) is 38.1 Å². The van der Waals surface area contributed by atoms with Gasteiger partial charge < -0.3 is 0 Å². The molecule has 0 saturated carbocycles. The first-order chi connectivity index (χ1) is 5.57. The molecule has 0 aliphatic heterocycles. The van der Waals surface area contributed by atoms with Gasteiger partial charge in [-0.2, -0.15) is 0 Å². The predicted octanol–water partition coefficient (Wildman–Crippen LogP) is 4.24. The minimum Gasteiger partial charge on any atom is -0.0826 e. The van der Waals surface area contributed by atoms with Crippen LogP contribution in [0.4, 0.5) is 0 Å². The van der Waals surface area contributed by atoms with Crippen LogP contribution in [0.5, 0.6) is 0 Å². The van der Waals surface area contributed by atoms with E-state index in [0.717, 1.165) is 0 Å². The molecule has 0 atom stereocenters. The summed E-state index contributed by atoms with van der Waals surface area (Å²) in [7, 11) is 0. The van der Waals surface area contributed by atoms with Gasteiger partial charge in [0.15, 0.2) is 0 Å². The lowest BCUT2D eigenvalue weighted by atomic mass is 10.2. The molecule has 1 aromatic carbocycles. The Hall–Kier alpha value is -0.0600. The number of rotatable bonds is 0. The molecule has 0 N–H and O–H groups in total. The van der Waals surface area contributed by atoms with Gasteiger partial charge in [0.2, 0.25) is 0 Å². The van der Waals surface area contributed by atoms with Crippen molar-refractivity contribution in [1.82, 2.24) is 0 Å². The predicted molar refractivity (Wildman–Crippen MR) is 52.7 cm³/mol. The van der Waals surface area contributed by atoms with Crippen molar-refractivity contribution >= 4 is 46.4 Å². The molecule has 0 aliphatic rings. The van der Waals surface area contributed by atoms with Gasteiger partial charge in [0.1, 0.15) is 0 Å². The van der Waals surface area contributed by atoms with Gasteiger partial charge in [-0.05, 0) is 12.5 Å². The summed E-state index contributed by atoms with van der Waals surface area (Å²) in [6, 6.07) is 1.44. The molecule has 0 aliphatic carbocycles. The molecule has 0 saturated heterocycles. The van der Waals surface area contributed by atoms with Crippen LogP contribution >= 0.6 is 46.4 Å². The minimum atomic E-state index is 0.153. The Labute approximate surface area is 90.4 Å². The minimum absolute atomic E-state index is 0.153. The summed E-state index contributed by atoms with van der Waals surface area (Å²) in [6.45, 7) is 0. The molecule has 0 spiro atoms. The Kier molecular flexibility index (Phi) is 3.15. The van der Waals surface area contributed by atoms with E-state index in [2.05, 4.69) is 5.92 Å². The molecule has 4 heteroatoms. The summed E-state index contributed by atoms with van der Waals surface area (Å²) in [5.74, 6) is 2.09. The Balaban J connectivity index is 3.52. The van der Waals surface area contributed by atoms with Crippen LogP contribution in [0.1, 0.15) is 5.56 Å². The molecule has 12 heavy (non-hydrogen) atoms. The molecule has 0 heterocycles. The maximum atomic E-state index is 6.85. The smallest absolute Gasteiger partial charge is 0.0806 e. The third-order valence-corrected chi connectivity index (χ3v) is 2.99. The summed E-state index contributed by atoms with van der Waals surface area (Å²) in [5.41, 5.74) is 0.330. The fourth-order valence-electron chi connectivity index (χ4n) is 0.664. The first-order valence-electron chi connectivity index (χ1n) is 2.83. The Bertz CT molecular complexity index is 362. The van der Waals surface area contributed by atoms with E-state index in [1.54, 1.807) is 0 Å². The largest absolute Gasteiger partial charge is 0.0826 e. The number of hydrogen-bond acceptors (Lipinski definition) is 0. The van der Waals surface area contributed by atoms with E-state index >= 15 is 0 Å². The Morgan fingerprint density at radius 2 is 1.58 bits per heavy atom. The van der Waals surface area contributed by atoms with Crippen molar-refractivity contribution in [2.24, 2.45) is 0 Å². The Morgan fingerprint density at radius 3 is 2.08 bits per heavy atom. The molecule has 61 valence electrons. The molecular weight excluding hydrogens is 238 g/mol. The van der Waals surface area contributed by atoms with Crippen LogP contribution in [0.25, 0.3) is 0 Å². The summed E-state index contributed by atoms with van der Waals surface area (Å²) in [4.78, 5) is 0. The topological polar surface area (TPSA) is 0 Å². The van der Waals surface area contributed by atoms with E-state index in [4.69, 9.17) is 52.8 Å². The molecule has 0 bridgehead atoms. The molecule has 0 fully saturated rings. The van der Waals surface area contributed by atoms with Crippen molar-refractivity contribution in [3.8, 4) is 5.92 Å². The van der Waals surface area contributed by atoms with E-state index in [-0.39, 0.29) is 20.1 Å². The zero-order valence-electron chi connectivity index (χ0n) is 5.59. The van der Waals surface area contributed by atoms with Gasteiger partial charge in [-0.1, -0.05) is 52.3 Å². The van der Waals surface area contributed by atoms with E-state index in [0.29, 0.717) is 5.56 Å². The summed E-state index contributed by atoms with van der Waals surface area (Å²) < 4.78 is 0. The van der Waals surface area contributed by atoms with Crippen molar-refractivity contribution in [1.29, 1.82) is 0 Å². The normalized spacial score (nSPS) is 9.58. The van der Waals surface area contributed by atoms with Gasteiger partial charge in [0.05, 0.1) is 20.1 Å². The lowest BCUT2D eigenvalue weighted by Crippen LogP contribution is -1.81. The standard InChI is InChI=1S/C8HCl4/c1-2-4-3-5(9)7(11)8(12)6(4)10/h3H. The highest BCUT2D eigenvalue weighted by atomic mass is 35.5. The van der Waals surface area contributed by atoms with Gasteiger partial charge in [-0.25, -0.2) is 0 Å². The second-order valence-corrected chi connectivity index (χ2v) is 3.51. The zero-order chi connectivity index (χ0) is 9.30. The first-order valence-corrected chi connectivity index (χ1v) is 4.35. The van der Waals surface area contributed by atoms with Crippen LogP contribution in [0.2, 0.25) is 20.1 Å². The van der Waals surface area contributed by atoms with E-state index in [9.17, 15) is 0 Å². The van der Waals surface area contributed by atoms with Gasteiger partial charge >= 0.3 is 0 Å². The summed E-state index contributed by atoms with van der Waals surface area (Å²) in [5, 5.41) is 0.810. The molecule has 1 rings (SSSR count). The lowest BCUT2D eigenvalue weighted by Gasteiger charge is -2.03. The van der Waals surface area contributed by atoms with Crippen LogP contribution in [-0.2, 0) is 0 Å². The van der Waals surface area contributed by atoms with Crippen LogP contribution in [-0.4, -0.2) is 0 Å². The first kappa shape index (κ1) is 10.0. The lowest BCUT2D eigenvalue weighted by molar-refractivity contribution is 1.64. The Morgan fingerprint density at radius 1 is 1.00 bits per heavy atom.